The van der Waals surface area contributed by atoms with Gasteiger partial charge in [0.25, 0.3) is 0 Å². The van der Waals surface area contributed by atoms with E-state index < -0.39 is 0 Å². The first-order chi connectivity index (χ1) is 19.9. The molecule has 206 valence electrons. The van der Waals surface area contributed by atoms with Crippen LogP contribution in [0.2, 0.25) is 0 Å². The van der Waals surface area contributed by atoms with E-state index in [9.17, 15) is 0 Å². The van der Waals surface area contributed by atoms with Gasteiger partial charge in [0.15, 0.2) is 5.11 Å². The van der Waals surface area contributed by atoms with E-state index in [1.165, 1.54) is 22.5 Å². The number of hydrogen-bond donors (Lipinski definition) is 1. The molecule has 2 aromatic heterocycles. The maximum absolute atomic E-state index is 6.09. The van der Waals surface area contributed by atoms with Gasteiger partial charge in [0, 0.05) is 29.0 Å². The second-order valence-corrected chi connectivity index (χ2v) is 10.7. The maximum atomic E-state index is 6.09. The zero-order chi connectivity index (χ0) is 28.5. The predicted molar refractivity (Wildman–Crippen MR) is 167 cm³/mol. The molecule has 3 heterocycles. The lowest BCUT2D eigenvalue weighted by atomic mass is 9.96. The molecule has 1 N–H and O–H groups in total. The number of nitrogens with one attached hydrogen (secondary N) is 1. The number of pyridine rings is 1. The van der Waals surface area contributed by atoms with E-state index in [2.05, 4.69) is 84.1 Å². The highest BCUT2D eigenvalue weighted by Crippen LogP contribution is 2.44. The first-order valence-electron chi connectivity index (χ1n) is 13.6. The molecular weight excluding hydrogens is 528 g/mol. The van der Waals surface area contributed by atoms with Crippen LogP contribution in [-0.2, 0) is 0 Å². The highest BCUT2D eigenvalue weighted by atomic mass is 32.1. The Labute approximate surface area is 246 Å². The van der Waals surface area contributed by atoms with Crippen molar-refractivity contribution in [2.45, 2.75) is 32.9 Å². The predicted octanol–water partition coefficient (Wildman–Crippen LogP) is 7.78. The first-order valence-corrected chi connectivity index (χ1v) is 14.0. The summed E-state index contributed by atoms with van der Waals surface area (Å²) in [5.41, 5.74) is 7.85. The monoisotopic (exact) mass is 560 g/mol. The number of aromatic nitrogens is 2. The number of methoxy groups -OCH3 is 1. The van der Waals surface area contributed by atoms with Crippen LogP contribution in [0.1, 0.15) is 40.3 Å². The Bertz CT molecular complexity index is 1680. The largest absolute Gasteiger partial charge is 0.497 e. The zero-order valence-corrected chi connectivity index (χ0v) is 24.4. The molecule has 6 rings (SSSR count). The molecule has 0 radical (unpaired) electrons. The van der Waals surface area contributed by atoms with Gasteiger partial charge < -0.3 is 24.3 Å². The molecule has 1 aliphatic rings. The van der Waals surface area contributed by atoms with E-state index in [4.69, 9.17) is 26.7 Å². The summed E-state index contributed by atoms with van der Waals surface area (Å²) < 4.78 is 13.7. The van der Waals surface area contributed by atoms with Crippen molar-refractivity contribution in [2.75, 3.05) is 12.0 Å². The molecular formula is C34H32N4O2S. The SMILES string of the molecule is COc1ccc(Oc2ccc(N3C(=S)N[C@H](c4ccccn4)[C@H]3c3cc(C)n(-c4cccc(C)c4)c3C)cc2)cc1. The Morgan fingerprint density at radius 1 is 0.780 bits per heavy atom. The van der Waals surface area contributed by atoms with Gasteiger partial charge in [-0.3, -0.25) is 4.98 Å². The summed E-state index contributed by atoms with van der Waals surface area (Å²) in [6.07, 6.45) is 1.83. The third-order valence-electron chi connectivity index (χ3n) is 7.56. The molecule has 0 saturated carbocycles. The van der Waals surface area contributed by atoms with Crippen LogP contribution >= 0.6 is 12.2 Å². The summed E-state index contributed by atoms with van der Waals surface area (Å²) in [4.78, 5) is 6.92. The zero-order valence-electron chi connectivity index (χ0n) is 23.5. The molecule has 1 aliphatic heterocycles. The first kappa shape index (κ1) is 26.6. The summed E-state index contributed by atoms with van der Waals surface area (Å²) in [7, 11) is 1.65. The van der Waals surface area contributed by atoms with Gasteiger partial charge in [0.2, 0.25) is 0 Å². The number of thiocarbonyl (C=S) groups is 1. The van der Waals surface area contributed by atoms with E-state index >= 15 is 0 Å². The smallest absolute Gasteiger partial charge is 0.174 e. The lowest BCUT2D eigenvalue weighted by Crippen LogP contribution is -2.29. The molecule has 0 bridgehead atoms. The summed E-state index contributed by atoms with van der Waals surface area (Å²) >= 11 is 5.97. The number of ether oxygens (including phenoxy) is 2. The number of hydrogen-bond acceptors (Lipinski definition) is 4. The average molecular weight is 561 g/mol. The van der Waals surface area contributed by atoms with Gasteiger partial charge in [-0.1, -0.05) is 18.2 Å². The van der Waals surface area contributed by atoms with Gasteiger partial charge in [-0.2, -0.15) is 0 Å². The Balaban J connectivity index is 1.39. The molecule has 6 nitrogen and oxygen atoms in total. The summed E-state index contributed by atoms with van der Waals surface area (Å²) in [5.74, 6) is 2.28. The van der Waals surface area contributed by atoms with Crippen molar-refractivity contribution < 1.29 is 9.47 Å². The summed E-state index contributed by atoms with van der Waals surface area (Å²) in [6.45, 7) is 6.47. The lowest BCUT2D eigenvalue weighted by molar-refractivity contribution is 0.413. The van der Waals surface area contributed by atoms with Crippen molar-refractivity contribution >= 4 is 23.0 Å². The fourth-order valence-electron chi connectivity index (χ4n) is 5.66. The third kappa shape index (κ3) is 5.16. The molecule has 5 aromatic rings. The molecule has 41 heavy (non-hydrogen) atoms. The molecule has 1 saturated heterocycles. The van der Waals surface area contributed by atoms with Gasteiger partial charge >= 0.3 is 0 Å². The van der Waals surface area contributed by atoms with Crippen molar-refractivity contribution in [2.24, 2.45) is 0 Å². The normalized spacial score (nSPS) is 16.5. The van der Waals surface area contributed by atoms with Crippen LogP contribution in [0.15, 0.2) is 103 Å². The van der Waals surface area contributed by atoms with Crippen molar-refractivity contribution in [1.29, 1.82) is 0 Å². The molecule has 0 unspecified atom stereocenters. The number of nitrogens with zero attached hydrogens (tertiary/aromatic N) is 3. The Kier molecular flexibility index (Phi) is 7.20. The topological polar surface area (TPSA) is 51.6 Å². The van der Waals surface area contributed by atoms with Crippen LogP contribution in [0, 0.1) is 20.8 Å². The van der Waals surface area contributed by atoms with Crippen molar-refractivity contribution in [3.63, 3.8) is 0 Å². The van der Waals surface area contributed by atoms with Crippen LogP contribution in [0.3, 0.4) is 0 Å². The van der Waals surface area contributed by atoms with Crippen LogP contribution in [0.5, 0.6) is 17.2 Å². The summed E-state index contributed by atoms with van der Waals surface area (Å²) in [6, 6.07) is 32.3. The number of aryl methyl sites for hydroxylation is 2. The van der Waals surface area contributed by atoms with E-state index in [0.29, 0.717) is 5.11 Å². The number of benzene rings is 3. The Morgan fingerprint density at radius 2 is 1.49 bits per heavy atom. The highest BCUT2D eigenvalue weighted by molar-refractivity contribution is 7.80. The Hall–Kier alpha value is -4.62. The quantitative estimate of drug-likeness (QED) is 0.205. The van der Waals surface area contributed by atoms with Gasteiger partial charge in [-0.05, 0) is 123 Å². The minimum atomic E-state index is -0.120. The van der Waals surface area contributed by atoms with E-state index in [1.807, 2.05) is 54.7 Å². The van der Waals surface area contributed by atoms with Crippen LogP contribution in [0.4, 0.5) is 5.69 Å². The van der Waals surface area contributed by atoms with Crippen LogP contribution in [-0.4, -0.2) is 21.8 Å². The fraction of sp³-hybridized carbons (Fsp3) is 0.176. The van der Waals surface area contributed by atoms with Crippen molar-refractivity contribution in [1.82, 2.24) is 14.9 Å². The third-order valence-corrected chi connectivity index (χ3v) is 7.87. The Morgan fingerprint density at radius 3 is 2.15 bits per heavy atom. The highest BCUT2D eigenvalue weighted by Gasteiger charge is 2.42. The van der Waals surface area contributed by atoms with Gasteiger partial charge in [-0.15, -0.1) is 0 Å². The van der Waals surface area contributed by atoms with Gasteiger partial charge in [0.1, 0.15) is 17.2 Å². The second kappa shape index (κ2) is 11.1. The number of anilines is 1. The standard InChI is InChI=1S/C34H32N4O2S/c1-22-8-7-9-26(20-22)37-23(2)21-30(24(37)3)33-32(31-10-5-6-19-35-31)36-34(41)38(33)25-11-13-28(14-12-25)40-29-17-15-27(39-4)16-18-29/h5-21,32-33H,1-4H3,(H,36,41)/t32-,33-/m1/s1. The lowest BCUT2D eigenvalue weighted by Gasteiger charge is -2.28. The molecule has 7 heteroatoms. The van der Waals surface area contributed by atoms with E-state index in [0.717, 1.165) is 34.3 Å². The van der Waals surface area contributed by atoms with Crippen molar-refractivity contribution in [3.8, 4) is 22.9 Å². The van der Waals surface area contributed by atoms with Crippen LogP contribution in [0.25, 0.3) is 5.69 Å². The van der Waals surface area contributed by atoms with Crippen LogP contribution < -0.4 is 19.7 Å². The average Bonchev–Trinajstić information content (AvgIpc) is 3.49. The molecule has 3 aromatic carbocycles. The van der Waals surface area contributed by atoms with E-state index in [1.54, 1.807) is 7.11 Å². The summed E-state index contributed by atoms with van der Waals surface area (Å²) in [5, 5.41) is 4.24. The van der Waals surface area contributed by atoms with E-state index in [-0.39, 0.29) is 12.1 Å². The molecule has 0 aliphatic carbocycles. The molecule has 2 atom stereocenters. The molecule has 1 fully saturated rings. The number of rotatable bonds is 7. The minimum absolute atomic E-state index is 0.101. The maximum Gasteiger partial charge on any atom is 0.174 e. The van der Waals surface area contributed by atoms with Gasteiger partial charge in [0.05, 0.1) is 24.9 Å². The molecule has 0 amide bonds. The van der Waals surface area contributed by atoms with Crippen molar-refractivity contribution in [3.05, 3.63) is 131 Å². The second-order valence-electron chi connectivity index (χ2n) is 10.3. The molecule has 0 spiro atoms. The fourth-order valence-corrected chi connectivity index (χ4v) is 6.00. The van der Waals surface area contributed by atoms with Gasteiger partial charge in [-0.25, -0.2) is 0 Å². The minimum Gasteiger partial charge on any atom is -0.497 e.